The van der Waals surface area contributed by atoms with Crippen molar-refractivity contribution in [1.82, 2.24) is 5.32 Å². The van der Waals surface area contributed by atoms with E-state index in [0.717, 1.165) is 30.6 Å². The highest BCUT2D eigenvalue weighted by atomic mass is 16.5. The molecule has 20 heavy (non-hydrogen) atoms. The fourth-order valence-corrected chi connectivity index (χ4v) is 2.51. The summed E-state index contributed by atoms with van der Waals surface area (Å²) in [5.41, 5.74) is 0.986. The van der Waals surface area contributed by atoms with Gasteiger partial charge >= 0.3 is 0 Å². The molecule has 3 heteroatoms. The summed E-state index contributed by atoms with van der Waals surface area (Å²) in [6.07, 6.45) is 2.78. The Morgan fingerprint density at radius 2 is 2.00 bits per heavy atom. The van der Waals surface area contributed by atoms with E-state index in [4.69, 9.17) is 4.74 Å². The van der Waals surface area contributed by atoms with Gasteiger partial charge in [-0.3, -0.25) is 0 Å². The lowest BCUT2D eigenvalue weighted by Crippen LogP contribution is -2.51. The Labute approximate surface area is 123 Å². The number of nitrogens with one attached hydrogen (secondary N) is 1. The number of ether oxygens (including phenoxy) is 1. The van der Waals surface area contributed by atoms with Gasteiger partial charge in [0, 0.05) is 11.6 Å². The maximum Gasteiger partial charge on any atom is 0.122 e. The van der Waals surface area contributed by atoms with E-state index in [0.29, 0.717) is 12.6 Å². The van der Waals surface area contributed by atoms with E-state index in [1.807, 2.05) is 18.2 Å². The van der Waals surface area contributed by atoms with Crippen LogP contribution in [0.5, 0.6) is 5.75 Å². The number of aliphatic hydroxyl groups is 1. The van der Waals surface area contributed by atoms with E-state index < -0.39 is 0 Å². The van der Waals surface area contributed by atoms with Crippen LogP contribution < -0.4 is 10.1 Å². The third-order valence-corrected chi connectivity index (χ3v) is 3.73. The van der Waals surface area contributed by atoms with Crippen molar-refractivity contribution < 1.29 is 9.84 Å². The Morgan fingerprint density at radius 3 is 2.55 bits per heavy atom. The van der Waals surface area contributed by atoms with E-state index in [-0.39, 0.29) is 12.1 Å². The SMILES string of the molecule is CCC(CO)(CCCOc1ccccc1C)NC(C)C. The van der Waals surface area contributed by atoms with Crippen LogP contribution in [0, 0.1) is 6.92 Å². The van der Waals surface area contributed by atoms with Crippen LogP contribution >= 0.6 is 0 Å². The van der Waals surface area contributed by atoms with Gasteiger partial charge in [0.05, 0.1) is 13.2 Å². The van der Waals surface area contributed by atoms with Crippen molar-refractivity contribution in [2.24, 2.45) is 0 Å². The predicted molar refractivity (Wildman–Crippen MR) is 84.3 cm³/mol. The summed E-state index contributed by atoms with van der Waals surface area (Å²) in [4.78, 5) is 0. The van der Waals surface area contributed by atoms with Gasteiger partial charge in [-0.05, 0) is 37.8 Å². The van der Waals surface area contributed by atoms with Crippen molar-refractivity contribution in [3.05, 3.63) is 29.8 Å². The zero-order chi connectivity index (χ0) is 15.0. The maximum absolute atomic E-state index is 9.68. The fourth-order valence-electron chi connectivity index (χ4n) is 2.51. The minimum atomic E-state index is -0.177. The van der Waals surface area contributed by atoms with Gasteiger partial charge in [-0.2, -0.15) is 0 Å². The van der Waals surface area contributed by atoms with Crippen molar-refractivity contribution in [1.29, 1.82) is 0 Å². The third-order valence-electron chi connectivity index (χ3n) is 3.73. The first-order valence-corrected chi connectivity index (χ1v) is 7.60. The van der Waals surface area contributed by atoms with Crippen LogP contribution in [0.3, 0.4) is 0 Å². The molecule has 0 aliphatic carbocycles. The Balaban J connectivity index is 2.43. The second-order valence-corrected chi connectivity index (χ2v) is 5.81. The summed E-state index contributed by atoms with van der Waals surface area (Å²) < 4.78 is 5.82. The van der Waals surface area contributed by atoms with Gasteiger partial charge < -0.3 is 15.2 Å². The number of aliphatic hydroxyl groups excluding tert-OH is 1. The summed E-state index contributed by atoms with van der Waals surface area (Å²) in [7, 11) is 0. The minimum absolute atomic E-state index is 0.173. The zero-order valence-electron chi connectivity index (χ0n) is 13.3. The number of aryl methyl sites for hydroxylation is 1. The molecule has 3 nitrogen and oxygen atoms in total. The van der Waals surface area contributed by atoms with Crippen molar-refractivity contribution in [3.8, 4) is 5.75 Å². The number of benzene rings is 1. The first kappa shape index (κ1) is 17.0. The van der Waals surface area contributed by atoms with Crippen LogP contribution in [0.25, 0.3) is 0 Å². The molecule has 1 aromatic rings. The lowest BCUT2D eigenvalue weighted by atomic mass is 9.90. The quantitative estimate of drug-likeness (QED) is 0.682. The standard InChI is InChI=1S/C17H29NO2/c1-5-17(13-19,18-14(2)3)11-8-12-20-16-10-7-6-9-15(16)4/h6-7,9-10,14,18-19H,5,8,11-13H2,1-4H3. The Bertz CT molecular complexity index is 386. The van der Waals surface area contributed by atoms with E-state index in [2.05, 4.69) is 39.1 Å². The van der Waals surface area contributed by atoms with Crippen LogP contribution in [-0.2, 0) is 0 Å². The van der Waals surface area contributed by atoms with Gasteiger partial charge in [0.25, 0.3) is 0 Å². The van der Waals surface area contributed by atoms with Crippen LogP contribution in [-0.4, -0.2) is 29.9 Å². The zero-order valence-corrected chi connectivity index (χ0v) is 13.3. The lowest BCUT2D eigenvalue weighted by Gasteiger charge is -2.34. The average molecular weight is 279 g/mol. The molecule has 1 rings (SSSR count). The molecular weight excluding hydrogens is 250 g/mol. The minimum Gasteiger partial charge on any atom is -0.493 e. The Hall–Kier alpha value is -1.06. The predicted octanol–water partition coefficient (Wildman–Crippen LogP) is 3.29. The monoisotopic (exact) mass is 279 g/mol. The highest BCUT2D eigenvalue weighted by molar-refractivity contribution is 5.31. The molecular formula is C17H29NO2. The summed E-state index contributed by atoms with van der Waals surface area (Å²) in [5.74, 6) is 0.954. The van der Waals surface area contributed by atoms with Gasteiger partial charge in [-0.25, -0.2) is 0 Å². The molecule has 114 valence electrons. The molecule has 2 N–H and O–H groups in total. The highest BCUT2D eigenvalue weighted by Gasteiger charge is 2.27. The lowest BCUT2D eigenvalue weighted by molar-refractivity contribution is 0.129. The van der Waals surface area contributed by atoms with Gasteiger partial charge in [0.15, 0.2) is 0 Å². The normalized spacial score (nSPS) is 14.3. The molecule has 0 aromatic heterocycles. The molecule has 0 aliphatic heterocycles. The molecule has 0 bridgehead atoms. The van der Waals surface area contributed by atoms with Crippen LogP contribution in [0.15, 0.2) is 24.3 Å². The average Bonchev–Trinajstić information content (AvgIpc) is 2.43. The van der Waals surface area contributed by atoms with Gasteiger partial charge in [0.2, 0.25) is 0 Å². The molecule has 0 saturated heterocycles. The van der Waals surface area contributed by atoms with Gasteiger partial charge in [0.1, 0.15) is 5.75 Å². The highest BCUT2D eigenvalue weighted by Crippen LogP contribution is 2.20. The molecule has 0 spiro atoms. The third kappa shape index (κ3) is 5.14. The Kier molecular flexibility index (Phi) is 7.03. The second kappa shape index (κ2) is 8.28. The smallest absolute Gasteiger partial charge is 0.122 e. The molecule has 0 fully saturated rings. The number of para-hydroxylation sites is 1. The van der Waals surface area contributed by atoms with Crippen molar-refractivity contribution in [2.45, 2.75) is 58.5 Å². The molecule has 0 saturated carbocycles. The summed E-state index contributed by atoms with van der Waals surface area (Å²) in [5, 5.41) is 13.2. The largest absolute Gasteiger partial charge is 0.493 e. The topological polar surface area (TPSA) is 41.5 Å². The number of rotatable bonds is 9. The summed E-state index contributed by atoms with van der Waals surface area (Å²) in [6, 6.07) is 8.44. The van der Waals surface area contributed by atoms with Crippen molar-refractivity contribution in [3.63, 3.8) is 0 Å². The maximum atomic E-state index is 9.68. The van der Waals surface area contributed by atoms with E-state index >= 15 is 0 Å². The van der Waals surface area contributed by atoms with Crippen LogP contribution in [0.2, 0.25) is 0 Å². The fraction of sp³-hybridized carbons (Fsp3) is 0.647. The van der Waals surface area contributed by atoms with Crippen molar-refractivity contribution in [2.75, 3.05) is 13.2 Å². The summed E-state index contributed by atoms with van der Waals surface area (Å²) >= 11 is 0. The van der Waals surface area contributed by atoms with E-state index in [9.17, 15) is 5.11 Å². The van der Waals surface area contributed by atoms with Crippen LogP contribution in [0.1, 0.15) is 45.6 Å². The summed E-state index contributed by atoms with van der Waals surface area (Å²) in [6.45, 7) is 9.26. The molecule has 0 heterocycles. The van der Waals surface area contributed by atoms with E-state index in [1.165, 1.54) is 0 Å². The molecule has 0 aliphatic rings. The van der Waals surface area contributed by atoms with Gasteiger partial charge in [-0.15, -0.1) is 0 Å². The number of hydrogen-bond acceptors (Lipinski definition) is 3. The number of hydrogen-bond donors (Lipinski definition) is 2. The Morgan fingerprint density at radius 1 is 1.30 bits per heavy atom. The molecule has 0 amide bonds. The molecule has 1 aromatic carbocycles. The first-order valence-electron chi connectivity index (χ1n) is 7.60. The second-order valence-electron chi connectivity index (χ2n) is 5.81. The van der Waals surface area contributed by atoms with Crippen LogP contribution in [0.4, 0.5) is 0 Å². The van der Waals surface area contributed by atoms with Gasteiger partial charge in [-0.1, -0.05) is 39.0 Å². The molecule has 0 radical (unpaired) electrons. The van der Waals surface area contributed by atoms with Crippen molar-refractivity contribution >= 4 is 0 Å². The first-order chi connectivity index (χ1) is 9.53. The van der Waals surface area contributed by atoms with E-state index in [1.54, 1.807) is 0 Å². The molecule has 1 atom stereocenters. The molecule has 1 unspecified atom stereocenters.